The van der Waals surface area contributed by atoms with Crippen LogP contribution in [0.4, 0.5) is 0 Å². The monoisotopic (exact) mass is 194 g/mol. The maximum Gasteiger partial charge on any atom is 0.104 e. The molecule has 0 nitrogen and oxygen atoms in total. The summed E-state index contributed by atoms with van der Waals surface area (Å²) in [7, 11) is 0. The molecule has 0 saturated heterocycles. The smallest absolute Gasteiger partial charge is 0.104 e. The Kier molecular flexibility index (Phi) is 4.99. The summed E-state index contributed by atoms with van der Waals surface area (Å²) in [4.78, 5) is 0. The molecule has 0 unspecified atom stereocenters. The Balaban J connectivity index is 3.76. The fraction of sp³-hybridized carbons (Fsp3) is 0.857. The Morgan fingerprint density at radius 1 is 1.50 bits per heavy atom. The van der Waals surface area contributed by atoms with Crippen molar-refractivity contribution in [3.63, 3.8) is 0 Å². The summed E-state index contributed by atoms with van der Waals surface area (Å²) < 4.78 is 1.37. The van der Waals surface area contributed by atoms with Gasteiger partial charge in [-0.3, -0.25) is 0 Å². The lowest BCUT2D eigenvalue weighted by molar-refractivity contribution is 0.689. The minimum Gasteiger partial charge on any atom is -0.111 e. The third-order valence-corrected chi connectivity index (χ3v) is 4.22. The first-order valence-electron chi connectivity index (χ1n) is 3.29. The van der Waals surface area contributed by atoms with Gasteiger partial charge in [-0.1, -0.05) is 33.0 Å². The van der Waals surface area contributed by atoms with Crippen LogP contribution in [0, 0.1) is 0 Å². The highest BCUT2D eigenvalue weighted by Gasteiger charge is 2.17. The van der Waals surface area contributed by atoms with Crippen LogP contribution in [0.1, 0.15) is 27.2 Å². The molecule has 60 valence electrons. The first-order chi connectivity index (χ1) is 4.52. The highest BCUT2D eigenvalue weighted by Crippen LogP contribution is 2.32. The Hall–Kier alpha value is 0.790. The second-order valence-electron chi connectivity index (χ2n) is 2.67. The molecule has 0 radical (unpaired) electrons. The molecule has 0 aromatic heterocycles. The lowest BCUT2D eigenvalue weighted by Crippen LogP contribution is -2.13. The predicted molar refractivity (Wildman–Crippen MR) is 58.1 cm³/mol. The molecule has 0 atom stereocenters. The van der Waals surface area contributed by atoms with Gasteiger partial charge in [-0.2, -0.15) is 0 Å². The van der Waals surface area contributed by atoms with Crippen LogP contribution >= 0.6 is 35.7 Å². The van der Waals surface area contributed by atoms with E-state index in [-0.39, 0.29) is 0 Å². The molecule has 0 spiro atoms. The lowest BCUT2D eigenvalue weighted by Gasteiger charge is -2.20. The molecule has 0 rings (SSSR count). The molecule has 0 aromatic rings. The zero-order valence-electron chi connectivity index (χ0n) is 6.93. The molecule has 0 aliphatic carbocycles. The normalized spacial score (nSPS) is 11.6. The summed E-state index contributed by atoms with van der Waals surface area (Å²) in [6.07, 6.45) is 3.19. The third-order valence-electron chi connectivity index (χ3n) is 1.38. The number of thiocarbonyl (C=S) groups is 1. The summed E-state index contributed by atoms with van der Waals surface area (Å²) in [6, 6.07) is 0. The second-order valence-corrected chi connectivity index (χ2v) is 6.39. The van der Waals surface area contributed by atoms with Crippen molar-refractivity contribution >= 4 is 39.3 Å². The van der Waals surface area contributed by atoms with Crippen LogP contribution < -0.4 is 0 Å². The molecular formula is C7H14S3. The molecule has 0 saturated carbocycles. The Morgan fingerprint density at radius 3 is 2.30 bits per heavy atom. The molecule has 0 aliphatic heterocycles. The van der Waals surface area contributed by atoms with Crippen LogP contribution in [0.15, 0.2) is 0 Å². The van der Waals surface area contributed by atoms with E-state index in [1.165, 1.54) is 6.42 Å². The minimum absolute atomic E-state index is 0.320. The van der Waals surface area contributed by atoms with Gasteiger partial charge in [-0.25, -0.2) is 0 Å². The van der Waals surface area contributed by atoms with Gasteiger partial charge in [0, 0.05) is 4.75 Å². The maximum atomic E-state index is 5.10. The van der Waals surface area contributed by atoms with Crippen molar-refractivity contribution in [2.24, 2.45) is 0 Å². The molecule has 0 N–H and O–H groups in total. The van der Waals surface area contributed by atoms with E-state index in [0.29, 0.717) is 4.75 Å². The van der Waals surface area contributed by atoms with E-state index in [1.807, 2.05) is 6.26 Å². The largest absolute Gasteiger partial charge is 0.111 e. The van der Waals surface area contributed by atoms with Gasteiger partial charge in [0.05, 0.1) is 0 Å². The lowest BCUT2D eigenvalue weighted by atomic mass is 10.1. The number of hydrogen-bond donors (Lipinski definition) is 0. The third kappa shape index (κ3) is 4.58. The first kappa shape index (κ1) is 10.8. The first-order valence-corrected chi connectivity index (χ1v) is 5.73. The molecule has 0 bridgehead atoms. The second kappa shape index (κ2) is 4.62. The summed E-state index contributed by atoms with van der Waals surface area (Å²) >= 11 is 8.55. The fourth-order valence-corrected chi connectivity index (χ4v) is 2.62. The van der Waals surface area contributed by atoms with Crippen LogP contribution in [0.3, 0.4) is 0 Å². The van der Waals surface area contributed by atoms with E-state index in [0.717, 1.165) is 3.53 Å². The maximum absolute atomic E-state index is 5.10. The number of rotatable bonds is 2. The Morgan fingerprint density at radius 2 is 2.00 bits per heavy atom. The van der Waals surface area contributed by atoms with E-state index in [1.54, 1.807) is 23.5 Å². The van der Waals surface area contributed by atoms with E-state index in [4.69, 9.17) is 12.2 Å². The van der Waals surface area contributed by atoms with Gasteiger partial charge in [-0.15, -0.1) is 23.5 Å². The number of hydrogen-bond acceptors (Lipinski definition) is 3. The van der Waals surface area contributed by atoms with Crippen LogP contribution in [0.2, 0.25) is 0 Å². The van der Waals surface area contributed by atoms with Crippen molar-refractivity contribution in [3.8, 4) is 0 Å². The van der Waals surface area contributed by atoms with E-state index >= 15 is 0 Å². The molecule has 0 heterocycles. The zero-order valence-corrected chi connectivity index (χ0v) is 9.38. The van der Waals surface area contributed by atoms with Gasteiger partial charge in [-0.05, 0) is 12.7 Å². The van der Waals surface area contributed by atoms with Crippen LogP contribution in [-0.2, 0) is 0 Å². The summed E-state index contributed by atoms with van der Waals surface area (Å²) in [5, 5.41) is 0. The highest BCUT2D eigenvalue weighted by molar-refractivity contribution is 8.47. The van der Waals surface area contributed by atoms with Crippen LogP contribution in [-0.4, -0.2) is 14.5 Å². The Bertz CT molecular complexity index is 118. The van der Waals surface area contributed by atoms with E-state index in [2.05, 4.69) is 20.8 Å². The quantitative estimate of drug-likeness (QED) is 0.617. The van der Waals surface area contributed by atoms with Gasteiger partial charge < -0.3 is 0 Å². The van der Waals surface area contributed by atoms with Crippen molar-refractivity contribution in [3.05, 3.63) is 0 Å². The van der Waals surface area contributed by atoms with Crippen molar-refractivity contribution < 1.29 is 0 Å². The average molecular weight is 194 g/mol. The number of thioether (sulfide) groups is 2. The highest BCUT2D eigenvalue weighted by atomic mass is 32.2. The van der Waals surface area contributed by atoms with E-state index in [9.17, 15) is 0 Å². The topological polar surface area (TPSA) is 0 Å². The molecule has 0 aromatic carbocycles. The van der Waals surface area contributed by atoms with Crippen LogP contribution in [0.25, 0.3) is 0 Å². The van der Waals surface area contributed by atoms with Crippen molar-refractivity contribution in [2.45, 2.75) is 31.9 Å². The summed E-state index contributed by atoms with van der Waals surface area (Å²) in [6.45, 7) is 6.64. The van der Waals surface area contributed by atoms with Gasteiger partial charge >= 0.3 is 0 Å². The molecule has 0 aliphatic rings. The average Bonchev–Trinajstić information content (AvgIpc) is 1.87. The zero-order chi connectivity index (χ0) is 8.20. The standard InChI is InChI=1S/C7H14S3/c1-5-7(2,3)10-6(8)9-4/h5H2,1-4H3. The molecule has 0 fully saturated rings. The molecule has 10 heavy (non-hydrogen) atoms. The summed E-state index contributed by atoms with van der Waals surface area (Å²) in [5.41, 5.74) is 0. The molecule has 0 amide bonds. The van der Waals surface area contributed by atoms with E-state index < -0.39 is 0 Å². The fourth-order valence-electron chi connectivity index (χ4n) is 0.339. The summed E-state index contributed by atoms with van der Waals surface area (Å²) in [5.74, 6) is 0. The van der Waals surface area contributed by atoms with Crippen molar-refractivity contribution in [1.82, 2.24) is 0 Å². The molecule has 3 heteroatoms. The molecular weight excluding hydrogens is 180 g/mol. The van der Waals surface area contributed by atoms with Gasteiger partial charge in [0.2, 0.25) is 0 Å². The predicted octanol–water partition coefficient (Wildman–Crippen LogP) is 3.56. The van der Waals surface area contributed by atoms with Crippen LogP contribution in [0.5, 0.6) is 0 Å². The Labute approximate surface area is 77.5 Å². The van der Waals surface area contributed by atoms with Gasteiger partial charge in [0.1, 0.15) is 3.53 Å². The minimum atomic E-state index is 0.320. The SMILES string of the molecule is CCC(C)(C)SC(=S)SC. The van der Waals surface area contributed by atoms with Gasteiger partial charge in [0.15, 0.2) is 0 Å². The van der Waals surface area contributed by atoms with Crippen molar-refractivity contribution in [1.29, 1.82) is 0 Å². The van der Waals surface area contributed by atoms with Crippen molar-refractivity contribution in [2.75, 3.05) is 6.26 Å². The van der Waals surface area contributed by atoms with Gasteiger partial charge in [0.25, 0.3) is 0 Å².